The second-order valence-electron chi connectivity index (χ2n) is 15.0. The number of nitrogens with zero attached hydrogens (tertiary/aromatic N) is 3. The smallest absolute Gasteiger partial charge is 0.162 e. The number of aromatic nitrogens is 3. The third-order valence-corrected chi connectivity index (χ3v) is 12.7. The van der Waals surface area contributed by atoms with Crippen LogP contribution >= 0.6 is 22.6 Å². The summed E-state index contributed by atoms with van der Waals surface area (Å²) in [5, 5.41) is 8.63. The fourth-order valence-electron chi connectivity index (χ4n) is 9.19. The van der Waals surface area contributed by atoms with Crippen molar-refractivity contribution in [3.05, 3.63) is 173 Å². The molecule has 0 saturated heterocycles. The molecule has 0 aliphatic heterocycles. The molecule has 0 bridgehead atoms. The van der Waals surface area contributed by atoms with Crippen LogP contribution in [0.2, 0.25) is 0 Å². The molecule has 0 unspecified atom stereocenters. The van der Waals surface area contributed by atoms with Crippen LogP contribution in [0.1, 0.15) is 0 Å². The molecule has 0 spiro atoms. The van der Waals surface area contributed by atoms with Crippen LogP contribution in [-0.4, -0.2) is 14.5 Å². The first-order valence-electron chi connectivity index (χ1n) is 19.5. The van der Waals surface area contributed by atoms with Gasteiger partial charge in [-0.1, -0.05) is 115 Å². The zero-order valence-corrected chi connectivity index (χ0v) is 33.3. The van der Waals surface area contributed by atoms with Gasteiger partial charge < -0.3 is 13.3 Å². The van der Waals surface area contributed by atoms with E-state index in [4.69, 9.17) is 23.2 Å². The Morgan fingerprint density at radius 3 is 1.76 bits per heavy atom. The molecule has 5 heterocycles. The Morgan fingerprint density at radius 2 is 0.983 bits per heavy atom. The molecule has 0 aliphatic rings. The highest BCUT2D eigenvalue weighted by atomic mass is 127. The number of halogens is 1. The van der Waals surface area contributed by atoms with Gasteiger partial charge in [-0.25, -0.2) is 9.97 Å². The van der Waals surface area contributed by atoms with Crippen LogP contribution in [-0.2, 0) is 0 Å². The van der Waals surface area contributed by atoms with Gasteiger partial charge in [0, 0.05) is 54.2 Å². The number of benzene rings is 8. The van der Waals surface area contributed by atoms with Crippen molar-refractivity contribution in [2.24, 2.45) is 0 Å². The van der Waals surface area contributed by atoms with Crippen LogP contribution in [0, 0.1) is 3.57 Å². The van der Waals surface area contributed by atoms with E-state index in [1.807, 2.05) is 48.5 Å². The summed E-state index contributed by atoms with van der Waals surface area (Å²) in [6.07, 6.45) is 0. The van der Waals surface area contributed by atoms with E-state index >= 15 is 0 Å². The number of para-hydroxylation sites is 3. The number of hydrogen-bond donors (Lipinski definition) is 0. The molecule has 59 heavy (non-hydrogen) atoms. The van der Waals surface area contributed by atoms with Crippen molar-refractivity contribution in [2.75, 3.05) is 0 Å². The summed E-state index contributed by atoms with van der Waals surface area (Å²) in [5.41, 5.74) is 12.0. The van der Waals surface area contributed by atoms with E-state index in [1.165, 1.54) is 0 Å². The lowest BCUT2D eigenvalue weighted by molar-refractivity contribution is 0.668. The van der Waals surface area contributed by atoms with Crippen LogP contribution < -0.4 is 0 Å². The molecule has 13 aromatic rings. The number of fused-ring (bicyclic) bond motifs is 13. The summed E-state index contributed by atoms with van der Waals surface area (Å²) in [4.78, 5) is 11.0. The van der Waals surface area contributed by atoms with Crippen molar-refractivity contribution < 1.29 is 13.3 Å². The molecule has 0 atom stereocenters. The van der Waals surface area contributed by atoms with Crippen LogP contribution in [0.3, 0.4) is 0 Å². The van der Waals surface area contributed by atoms with Gasteiger partial charge in [0.2, 0.25) is 0 Å². The van der Waals surface area contributed by atoms with E-state index in [9.17, 15) is 0 Å². The number of hydrogen-bond acceptors (Lipinski definition) is 5. The van der Waals surface area contributed by atoms with Gasteiger partial charge in [0.1, 0.15) is 33.5 Å². The van der Waals surface area contributed by atoms with Crippen molar-refractivity contribution >= 4 is 110 Å². The topological polar surface area (TPSA) is 70.1 Å². The predicted octanol–water partition coefficient (Wildman–Crippen LogP) is 14.9. The van der Waals surface area contributed by atoms with Crippen molar-refractivity contribution in [1.29, 1.82) is 0 Å². The highest BCUT2D eigenvalue weighted by Gasteiger charge is 2.25. The first kappa shape index (κ1) is 32.8. The molecule has 276 valence electrons. The Hall–Kier alpha value is -7.23. The quantitative estimate of drug-likeness (QED) is 0.165. The zero-order chi connectivity index (χ0) is 38.8. The van der Waals surface area contributed by atoms with Crippen molar-refractivity contribution in [1.82, 2.24) is 14.5 Å². The van der Waals surface area contributed by atoms with E-state index in [-0.39, 0.29) is 0 Å². The molecular weight excluding hydrogens is 841 g/mol. The van der Waals surface area contributed by atoms with Gasteiger partial charge in [-0.2, -0.15) is 0 Å². The summed E-state index contributed by atoms with van der Waals surface area (Å²) in [6.45, 7) is 0. The van der Waals surface area contributed by atoms with Crippen LogP contribution in [0.4, 0.5) is 0 Å². The van der Waals surface area contributed by atoms with Gasteiger partial charge in [0.15, 0.2) is 11.6 Å². The molecule has 0 aliphatic carbocycles. The number of furan rings is 3. The Balaban J connectivity index is 1.12. The average molecular weight is 870 g/mol. The van der Waals surface area contributed by atoms with E-state index in [0.717, 1.165) is 125 Å². The second-order valence-corrected chi connectivity index (χ2v) is 16.0. The minimum absolute atomic E-state index is 0.589. The van der Waals surface area contributed by atoms with Crippen molar-refractivity contribution in [3.8, 4) is 39.6 Å². The standard InChI is InChI=1S/C52H28IN3O3/c53-49-50(36-18-11-23-42-46(36)33-15-5-8-20-39(33)57-42)54-51(30-24-25-35-44(28-30)59-41-22-10-17-31(45(35)41)29-12-2-1-3-13-29)55-52(49)56-37-19-7-4-14-32(37)47-38(56)26-27-43-48(47)34-16-6-9-21-40(34)58-43/h1-28H. The van der Waals surface area contributed by atoms with Crippen molar-refractivity contribution in [3.63, 3.8) is 0 Å². The SMILES string of the molecule is Ic1c(-c2cccc3oc4ccccc4c23)nc(-c2ccc3c(c2)oc2cccc(-c4ccccc4)c23)nc1-n1c2ccccc2c2c3c(ccc21)oc1ccccc13. The second kappa shape index (κ2) is 12.4. The van der Waals surface area contributed by atoms with Crippen LogP contribution in [0.15, 0.2) is 183 Å². The first-order valence-corrected chi connectivity index (χ1v) is 20.6. The average Bonchev–Trinajstić information content (AvgIpc) is 4.05. The maximum Gasteiger partial charge on any atom is 0.162 e. The summed E-state index contributed by atoms with van der Waals surface area (Å²) in [7, 11) is 0. The summed E-state index contributed by atoms with van der Waals surface area (Å²) >= 11 is 2.45. The summed E-state index contributed by atoms with van der Waals surface area (Å²) in [6, 6.07) is 58.6. The lowest BCUT2D eigenvalue weighted by Gasteiger charge is -2.15. The molecule has 0 fully saturated rings. The Bertz CT molecular complexity index is 3870. The van der Waals surface area contributed by atoms with Crippen LogP contribution in [0.5, 0.6) is 0 Å². The minimum atomic E-state index is 0.589. The van der Waals surface area contributed by atoms with Gasteiger partial charge in [0.25, 0.3) is 0 Å². The molecule has 0 radical (unpaired) electrons. The van der Waals surface area contributed by atoms with Crippen molar-refractivity contribution in [2.45, 2.75) is 0 Å². The lowest BCUT2D eigenvalue weighted by atomic mass is 9.99. The van der Waals surface area contributed by atoms with E-state index < -0.39 is 0 Å². The normalized spacial score (nSPS) is 12.2. The lowest BCUT2D eigenvalue weighted by Crippen LogP contribution is -2.06. The Morgan fingerprint density at radius 1 is 0.390 bits per heavy atom. The molecule has 7 heteroatoms. The molecule has 8 aromatic carbocycles. The van der Waals surface area contributed by atoms with Gasteiger partial charge >= 0.3 is 0 Å². The monoisotopic (exact) mass is 869 g/mol. The molecule has 6 nitrogen and oxygen atoms in total. The van der Waals surface area contributed by atoms with E-state index in [1.54, 1.807) is 0 Å². The third kappa shape index (κ3) is 4.73. The molecule has 5 aromatic heterocycles. The van der Waals surface area contributed by atoms with Gasteiger partial charge in [-0.05, 0) is 88.3 Å². The largest absolute Gasteiger partial charge is 0.456 e. The highest BCUT2D eigenvalue weighted by molar-refractivity contribution is 14.1. The maximum absolute atomic E-state index is 6.61. The molecule has 0 saturated carbocycles. The first-order chi connectivity index (χ1) is 29.2. The van der Waals surface area contributed by atoms with E-state index in [2.05, 4.69) is 148 Å². The molecule has 0 amide bonds. The fourth-order valence-corrected chi connectivity index (χ4v) is 9.96. The molecular formula is C52H28IN3O3. The van der Waals surface area contributed by atoms with Gasteiger partial charge in [-0.3, -0.25) is 4.57 Å². The summed E-state index contributed by atoms with van der Waals surface area (Å²) in [5.74, 6) is 1.37. The molecule has 0 N–H and O–H groups in total. The Kier molecular flexibility index (Phi) is 6.89. The summed E-state index contributed by atoms with van der Waals surface area (Å²) < 4.78 is 22.6. The highest BCUT2D eigenvalue weighted by Crippen LogP contribution is 2.45. The zero-order valence-electron chi connectivity index (χ0n) is 31.1. The predicted molar refractivity (Wildman–Crippen MR) is 247 cm³/mol. The minimum Gasteiger partial charge on any atom is -0.456 e. The maximum atomic E-state index is 6.61. The Labute approximate surface area is 349 Å². The van der Waals surface area contributed by atoms with Gasteiger partial charge in [0.05, 0.1) is 20.3 Å². The molecule has 13 rings (SSSR count). The fraction of sp³-hybridized carbons (Fsp3) is 0. The van der Waals surface area contributed by atoms with Crippen LogP contribution in [0.25, 0.3) is 127 Å². The third-order valence-electron chi connectivity index (χ3n) is 11.7. The van der Waals surface area contributed by atoms with E-state index in [0.29, 0.717) is 5.82 Å². The van der Waals surface area contributed by atoms with Gasteiger partial charge in [-0.15, -0.1) is 0 Å². The number of rotatable bonds is 4.